The average Bonchev–Trinajstić information content (AvgIpc) is 2.76. The SMILES string of the molecule is O=C(CN1C(=O)Cc2ccc(Cl)cc21)c1ccc(F)cc1. The summed E-state index contributed by atoms with van der Waals surface area (Å²) in [5, 5.41) is 0.516. The van der Waals surface area contributed by atoms with Crippen LogP contribution in [0.2, 0.25) is 5.02 Å². The molecule has 21 heavy (non-hydrogen) atoms. The lowest BCUT2D eigenvalue weighted by atomic mass is 10.1. The number of benzene rings is 2. The number of fused-ring (bicyclic) bond motifs is 1. The van der Waals surface area contributed by atoms with Crippen LogP contribution >= 0.6 is 11.6 Å². The van der Waals surface area contributed by atoms with Gasteiger partial charge in [-0.05, 0) is 42.0 Å². The van der Waals surface area contributed by atoms with Crippen LogP contribution in [0.5, 0.6) is 0 Å². The molecule has 0 unspecified atom stereocenters. The van der Waals surface area contributed by atoms with Crippen LogP contribution in [-0.4, -0.2) is 18.2 Å². The van der Waals surface area contributed by atoms with Gasteiger partial charge in [-0.1, -0.05) is 17.7 Å². The van der Waals surface area contributed by atoms with Gasteiger partial charge in [0.25, 0.3) is 0 Å². The van der Waals surface area contributed by atoms with Gasteiger partial charge >= 0.3 is 0 Å². The molecular weight excluding hydrogens is 293 g/mol. The van der Waals surface area contributed by atoms with Crippen molar-refractivity contribution >= 4 is 29.0 Å². The van der Waals surface area contributed by atoms with Crippen molar-refractivity contribution in [2.75, 3.05) is 11.4 Å². The largest absolute Gasteiger partial charge is 0.304 e. The smallest absolute Gasteiger partial charge is 0.231 e. The summed E-state index contributed by atoms with van der Waals surface area (Å²) in [6, 6.07) is 10.5. The van der Waals surface area contributed by atoms with Gasteiger partial charge in [0.15, 0.2) is 5.78 Å². The summed E-state index contributed by atoms with van der Waals surface area (Å²) in [6.45, 7) is -0.0716. The zero-order valence-electron chi connectivity index (χ0n) is 11.0. The number of hydrogen-bond donors (Lipinski definition) is 0. The Bertz CT molecular complexity index is 728. The molecule has 5 heteroatoms. The van der Waals surface area contributed by atoms with E-state index in [0.29, 0.717) is 16.3 Å². The van der Waals surface area contributed by atoms with Gasteiger partial charge in [-0.15, -0.1) is 0 Å². The fourth-order valence-corrected chi connectivity index (χ4v) is 2.54. The van der Waals surface area contributed by atoms with Crippen molar-refractivity contribution in [3.05, 3.63) is 64.4 Å². The second-order valence-corrected chi connectivity index (χ2v) is 5.30. The van der Waals surface area contributed by atoms with Crippen LogP contribution in [0.4, 0.5) is 10.1 Å². The highest BCUT2D eigenvalue weighted by atomic mass is 35.5. The lowest BCUT2D eigenvalue weighted by Crippen LogP contribution is -2.32. The Balaban J connectivity index is 1.85. The van der Waals surface area contributed by atoms with E-state index in [9.17, 15) is 14.0 Å². The Morgan fingerprint density at radius 1 is 1.19 bits per heavy atom. The van der Waals surface area contributed by atoms with Gasteiger partial charge in [0.2, 0.25) is 5.91 Å². The number of halogens is 2. The van der Waals surface area contributed by atoms with E-state index < -0.39 is 5.82 Å². The van der Waals surface area contributed by atoms with Crippen molar-refractivity contribution in [1.82, 2.24) is 0 Å². The molecule has 0 atom stereocenters. The summed E-state index contributed by atoms with van der Waals surface area (Å²) in [4.78, 5) is 25.7. The van der Waals surface area contributed by atoms with E-state index in [2.05, 4.69) is 0 Å². The molecule has 0 aliphatic carbocycles. The van der Waals surface area contributed by atoms with Crippen molar-refractivity contribution in [1.29, 1.82) is 0 Å². The first-order valence-electron chi connectivity index (χ1n) is 6.42. The normalized spacial score (nSPS) is 13.4. The molecule has 0 N–H and O–H groups in total. The minimum Gasteiger partial charge on any atom is -0.304 e. The van der Waals surface area contributed by atoms with Crippen molar-refractivity contribution in [3.63, 3.8) is 0 Å². The predicted molar refractivity (Wildman–Crippen MR) is 78.2 cm³/mol. The summed E-state index contributed by atoms with van der Waals surface area (Å²) in [6.07, 6.45) is 0.267. The Hall–Kier alpha value is -2.20. The van der Waals surface area contributed by atoms with Gasteiger partial charge in [0.1, 0.15) is 5.82 Å². The molecule has 1 aliphatic rings. The maximum atomic E-state index is 12.9. The molecule has 3 rings (SSSR count). The summed E-state index contributed by atoms with van der Waals surface area (Å²) in [5.74, 6) is -0.778. The van der Waals surface area contributed by atoms with E-state index in [-0.39, 0.29) is 24.7 Å². The Morgan fingerprint density at radius 2 is 1.90 bits per heavy atom. The Labute approximate surface area is 125 Å². The van der Waals surface area contributed by atoms with Crippen LogP contribution in [0.3, 0.4) is 0 Å². The van der Waals surface area contributed by atoms with Gasteiger partial charge in [-0.2, -0.15) is 0 Å². The van der Waals surface area contributed by atoms with Crippen LogP contribution in [-0.2, 0) is 11.2 Å². The highest BCUT2D eigenvalue weighted by Gasteiger charge is 2.29. The highest BCUT2D eigenvalue weighted by Crippen LogP contribution is 2.31. The molecule has 0 spiro atoms. The van der Waals surface area contributed by atoms with Gasteiger partial charge in [0, 0.05) is 16.3 Å². The van der Waals surface area contributed by atoms with E-state index in [0.717, 1.165) is 5.56 Å². The third-order valence-electron chi connectivity index (χ3n) is 3.45. The third-order valence-corrected chi connectivity index (χ3v) is 3.68. The number of amides is 1. The molecule has 3 nitrogen and oxygen atoms in total. The zero-order valence-corrected chi connectivity index (χ0v) is 11.7. The quantitative estimate of drug-likeness (QED) is 0.816. The molecule has 0 saturated heterocycles. The van der Waals surface area contributed by atoms with Crippen molar-refractivity contribution in [3.8, 4) is 0 Å². The molecule has 1 heterocycles. The molecule has 0 radical (unpaired) electrons. The molecular formula is C16H11ClFNO2. The number of anilines is 1. The summed E-state index contributed by atoms with van der Waals surface area (Å²) >= 11 is 5.94. The number of hydrogen-bond acceptors (Lipinski definition) is 2. The lowest BCUT2D eigenvalue weighted by Gasteiger charge is -2.16. The Morgan fingerprint density at radius 3 is 2.62 bits per heavy atom. The average molecular weight is 304 g/mol. The van der Waals surface area contributed by atoms with E-state index >= 15 is 0 Å². The van der Waals surface area contributed by atoms with Crippen LogP contribution in [0.15, 0.2) is 42.5 Å². The molecule has 0 aromatic heterocycles. The monoisotopic (exact) mass is 303 g/mol. The standard InChI is InChI=1S/C16H11ClFNO2/c17-12-4-1-11-7-16(21)19(14(11)8-12)9-15(20)10-2-5-13(18)6-3-10/h1-6,8H,7,9H2. The van der Waals surface area contributed by atoms with Crippen LogP contribution in [0.1, 0.15) is 15.9 Å². The second kappa shape index (κ2) is 5.30. The van der Waals surface area contributed by atoms with E-state index in [1.165, 1.54) is 29.2 Å². The van der Waals surface area contributed by atoms with Crippen LogP contribution < -0.4 is 4.90 Å². The van der Waals surface area contributed by atoms with Gasteiger partial charge in [0.05, 0.1) is 13.0 Å². The van der Waals surface area contributed by atoms with Gasteiger partial charge < -0.3 is 4.90 Å². The molecule has 1 amide bonds. The molecule has 2 aromatic carbocycles. The molecule has 0 saturated carbocycles. The minimum atomic E-state index is -0.402. The molecule has 2 aromatic rings. The second-order valence-electron chi connectivity index (χ2n) is 4.86. The van der Waals surface area contributed by atoms with Gasteiger partial charge in [-0.25, -0.2) is 4.39 Å². The van der Waals surface area contributed by atoms with Crippen molar-refractivity contribution in [2.24, 2.45) is 0 Å². The number of ketones is 1. The number of rotatable bonds is 3. The van der Waals surface area contributed by atoms with Crippen LogP contribution in [0, 0.1) is 5.82 Å². The van der Waals surface area contributed by atoms with Crippen LogP contribution in [0.25, 0.3) is 0 Å². The summed E-state index contributed by atoms with van der Waals surface area (Å²) in [7, 11) is 0. The van der Waals surface area contributed by atoms with Gasteiger partial charge in [-0.3, -0.25) is 9.59 Å². The Kier molecular flexibility index (Phi) is 3.47. The number of nitrogens with zero attached hydrogens (tertiary/aromatic N) is 1. The maximum Gasteiger partial charge on any atom is 0.231 e. The number of Topliss-reactive ketones (excluding diaryl/α,β-unsaturated/α-hetero) is 1. The van der Waals surface area contributed by atoms with E-state index in [4.69, 9.17) is 11.6 Å². The number of carbonyl (C=O) groups excluding carboxylic acids is 2. The minimum absolute atomic E-state index is 0.0716. The summed E-state index contributed by atoms with van der Waals surface area (Å²) < 4.78 is 12.9. The predicted octanol–water partition coefficient (Wildman–Crippen LogP) is 3.25. The fourth-order valence-electron chi connectivity index (χ4n) is 2.37. The first-order chi connectivity index (χ1) is 10.0. The summed E-state index contributed by atoms with van der Waals surface area (Å²) in [5.41, 5.74) is 1.90. The van der Waals surface area contributed by atoms with Crippen molar-refractivity contribution < 1.29 is 14.0 Å². The van der Waals surface area contributed by atoms with E-state index in [1.807, 2.05) is 0 Å². The molecule has 106 valence electrons. The van der Waals surface area contributed by atoms with E-state index in [1.54, 1.807) is 18.2 Å². The fraction of sp³-hybridized carbons (Fsp3) is 0.125. The topological polar surface area (TPSA) is 37.4 Å². The zero-order chi connectivity index (χ0) is 15.0. The third kappa shape index (κ3) is 2.67. The first-order valence-corrected chi connectivity index (χ1v) is 6.80. The maximum absolute atomic E-state index is 12.9. The lowest BCUT2D eigenvalue weighted by molar-refractivity contribution is -0.117. The number of carbonyl (C=O) groups is 2. The first kappa shape index (κ1) is 13.8. The molecule has 0 fully saturated rings. The highest BCUT2D eigenvalue weighted by molar-refractivity contribution is 6.31. The van der Waals surface area contributed by atoms with Crippen molar-refractivity contribution in [2.45, 2.75) is 6.42 Å². The molecule has 0 bridgehead atoms. The molecule has 1 aliphatic heterocycles.